The normalized spacial score (nSPS) is 23.8. The second-order valence-corrected chi connectivity index (χ2v) is 8.27. The van der Waals surface area contributed by atoms with Crippen LogP contribution in [0.15, 0.2) is 24.3 Å². The SMILES string of the molecule is CC1(C)S[C@@H]([C@H](NC(=O)[C@H](N)c2ccc(O)cc2)C(=O)O)N[C@H]1C(=O)O. The lowest BCUT2D eigenvalue weighted by Crippen LogP contribution is -2.55. The number of carbonyl (C=O) groups is 3. The first-order chi connectivity index (χ1) is 12.0. The number of carbonyl (C=O) groups excluding carboxylic acids is 1. The number of phenolic OH excluding ortho intramolecular Hbond substituents is 1. The molecule has 0 unspecified atom stereocenters. The molecule has 0 radical (unpaired) electrons. The third-order valence-corrected chi connectivity index (χ3v) is 5.61. The standard InChI is InChI=1S/C16H21N3O6S/c1-16(2)11(15(24)25)19-13(26-16)10(14(22)23)18-12(21)9(17)7-3-5-8(20)6-4-7/h3-6,9-11,13,19-20H,17H2,1-2H3,(H,18,21)(H,22,23)(H,24,25)/t9-,10+,11+,13+/m1/s1. The minimum absolute atomic E-state index is 0.0123. The van der Waals surface area contributed by atoms with Gasteiger partial charge in [0.05, 0.1) is 5.37 Å². The van der Waals surface area contributed by atoms with Crippen LogP contribution < -0.4 is 16.4 Å². The van der Waals surface area contributed by atoms with Gasteiger partial charge in [0.25, 0.3) is 0 Å². The Balaban J connectivity index is 2.13. The summed E-state index contributed by atoms with van der Waals surface area (Å²) in [6.07, 6.45) is 0. The smallest absolute Gasteiger partial charge is 0.328 e. The van der Waals surface area contributed by atoms with Crippen LogP contribution in [0.4, 0.5) is 0 Å². The molecule has 1 fully saturated rings. The number of carboxylic acids is 2. The number of nitrogens with one attached hydrogen (secondary N) is 2. The molecule has 1 heterocycles. The van der Waals surface area contributed by atoms with Crippen LogP contribution in [0.5, 0.6) is 5.75 Å². The van der Waals surface area contributed by atoms with Crippen LogP contribution in [-0.2, 0) is 14.4 Å². The number of nitrogens with two attached hydrogens (primary N) is 1. The molecule has 1 aromatic rings. The fraction of sp³-hybridized carbons (Fsp3) is 0.438. The van der Waals surface area contributed by atoms with E-state index in [1.807, 2.05) is 0 Å². The Hall–Kier alpha value is -2.30. The van der Waals surface area contributed by atoms with Crippen molar-refractivity contribution in [3.8, 4) is 5.75 Å². The number of hydrogen-bond acceptors (Lipinski definition) is 7. The average Bonchev–Trinajstić information content (AvgIpc) is 2.87. The molecule has 0 bridgehead atoms. The molecule has 0 aromatic heterocycles. The molecular formula is C16H21N3O6S. The number of hydrogen-bond donors (Lipinski definition) is 6. The molecule has 1 aliphatic rings. The number of benzene rings is 1. The zero-order chi connectivity index (χ0) is 19.6. The predicted octanol–water partition coefficient (Wildman–Crippen LogP) is -0.144. The molecule has 4 atom stereocenters. The van der Waals surface area contributed by atoms with E-state index in [2.05, 4.69) is 10.6 Å². The highest BCUT2D eigenvalue weighted by molar-refractivity contribution is 8.01. The summed E-state index contributed by atoms with van der Waals surface area (Å²) < 4.78 is -0.756. The molecule has 1 aromatic carbocycles. The number of aliphatic carboxylic acids is 2. The van der Waals surface area contributed by atoms with Gasteiger partial charge in [0, 0.05) is 4.75 Å². The zero-order valence-corrected chi connectivity index (χ0v) is 15.0. The highest BCUT2D eigenvalue weighted by Gasteiger charge is 2.49. The average molecular weight is 383 g/mol. The lowest BCUT2D eigenvalue weighted by atomic mass is 10.0. The first-order valence-corrected chi connectivity index (χ1v) is 8.65. The largest absolute Gasteiger partial charge is 0.508 e. The molecule has 0 aliphatic carbocycles. The summed E-state index contributed by atoms with van der Waals surface area (Å²) in [4.78, 5) is 35.3. The summed E-state index contributed by atoms with van der Waals surface area (Å²) in [6.45, 7) is 3.37. The molecular weight excluding hydrogens is 362 g/mol. The predicted molar refractivity (Wildman–Crippen MR) is 94.6 cm³/mol. The Morgan fingerprint density at radius 3 is 2.27 bits per heavy atom. The summed E-state index contributed by atoms with van der Waals surface area (Å²) in [7, 11) is 0. The van der Waals surface area contributed by atoms with Crippen LogP contribution in [0, 0.1) is 0 Å². The molecule has 2 rings (SSSR count). The van der Waals surface area contributed by atoms with E-state index >= 15 is 0 Å². The maximum atomic E-state index is 12.4. The summed E-state index contributed by atoms with van der Waals surface area (Å²) in [6, 6.07) is 2.20. The third kappa shape index (κ3) is 4.26. The van der Waals surface area contributed by atoms with Gasteiger partial charge in [-0.25, -0.2) is 4.79 Å². The number of aromatic hydroxyl groups is 1. The highest BCUT2D eigenvalue weighted by Crippen LogP contribution is 2.39. The van der Waals surface area contributed by atoms with Crippen LogP contribution in [0.2, 0.25) is 0 Å². The van der Waals surface area contributed by atoms with Crippen molar-refractivity contribution in [2.24, 2.45) is 5.73 Å². The second kappa shape index (κ2) is 7.52. The summed E-state index contributed by atoms with van der Waals surface area (Å²) in [5, 5.41) is 32.3. The number of amides is 1. The Kier molecular flexibility index (Phi) is 5.79. The van der Waals surface area contributed by atoms with Gasteiger partial charge >= 0.3 is 11.9 Å². The van der Waals surface area contributed by atoms with Crippen molar-refractivity contribution >= 4 is 29.6 Å². The topological polar surface area (TPSA) is 162 Å². The van der Waals surface area contributed by atoms with Crippen molar-refractivity contribution in [1.29, 1.82) is 0 Å². The van der Waals surface area contributed by atoms with Crippen LogP contribution in [0.3, 0.4) is 0 Å². The van der Waals surface area contributed by atoms with Gasteiger partial charge in [0.2, 0.25) is 5.91 Å². The maximum absolute atomic E-state index is 12.4. The van der Waals surface area contributed by atoms with Gasteiger partial charge < -0.3 is 26.4 Å². The molecule has 1 aliphatic heterocycles. The molecule has 7 N–H and O–H groups in total. The fourth-order valence-corrected chi connectivity index (χ4v) is 4.15. The lowest BCUT2D eigenvalue weighted by Gasteiger charge is -2.23. The van der Waals surface area contributed by atoms with Crippen molar-refractivity contribution in [3.63, 3.8) is 0 Å². The zero-order valence-electron chi connectivity index (χ0n) is 14.2. The Bertz CT molecular complexity index is 708. The molecule has 1 amide bonds. The van der Waals surface area contributed by atoms with Crippen LogP contribution >= 0.6 is 11.8 Å². The quantitative estimate of drug-likeness (QED) is 0.392. The maximum Gasteiger partial charge on any atom is 0.328 e. The number of carboxylic acid groups (broad SMARTS) is 2. The van der Waals surface area contributed by atoms with E-state index in [0.717, 1.165) is 11.8 Å². The van der Waals surface area contributed by atoms with Crippen molar-refractivity contribution < 1.29 is 29.7 Å². The van der Waals surface area contributed by atoms with E-state index in [0.29, 0.717) is 5.56 Å². The van der Waals surface area contributed by atoms with Gasteiger partial charge in [0.15, 0.2) is 6.04 Å². The van der Waals surface area contributed by atoms with Gasteiger partial charge in [-0.3, -0.25) is 14.9 Å². The molecule has 0 saturated carbocycles. The second-order valence-electron chi connectivity index (χ2n) is 6.47. The Morgan fingerprint density at radius 2 is 1.81 bits per heavy atom. The van der Waals surface area contributed by atoms with E-state index in [1.54, 1.807) is 13.8 Å². The fourth-order valence-electron chi connectivity index (χ4n) is 2.67. The van der Waals surface area contributed by atoms with E-state index in [1.165, 1.54) is 24.3 Å². The van der Waals surface area contributed by atoms with Gasteiger partial charge in [-0.15, -0.1) is 11.8 Å². The molecule has 9 nitrogen and oxygen atoms in total. The van der Waals surface area contributed by atoms with Gasteiger partial charge in [-0.1, -0.05) is 12.1 Å². The first kappa shape index (κ1) is 20.0. The monoisotopic (exact) mass is 383 g/mol. The van der Waals surface area contributed by atoms with Crippen molar-refractivity contribution in [2.45, 2.75) is 42.1 Å². The number of thioether (sulfide) groups is 1. The van der Waals surface area contributed by atoms with Crippen molar-refractivity contribution in [3.05, 3.63) is 29.8 Å². The Morgan fingerprint density at radius 1 is 1.23 bits per heavy atom. The molecule has 26 heavy (non-hydrogen) atoms. The minimum atomic E-state index is -1.36. The lowest BCUT2D eigenvalue weighted by molar-refractivity contribution is -0.143. The summed E-state index contributed by atoms with van der Waals surface area (Å²) in [5.74, 6) is -3.11. The number of rotatable bonds is 6. The van der Waals surface area contributed by atoms with Crippen molar-refractivity contribution in [1.82, 2.24) is 10.6 Å². The van der Waals surface area contributed by atoms with Gasteiger partial charge in [0.1, 0.15) is 17.8 Å². The first-order valence-electron chi connectivity index (χ1n) is 7.77. The van der Waals surface area contributed by atoms with Crippen LogP contribution in [0.1, 0.15) is 25.5 Å². The summed E-state index contributed by atoms with van der Waals surface area (Å²) >= 11 is 1.13. The molecule has 0 spiro atoms. The Labute approximate surface area is 154 Å². The molecule has 10 heteroatoms. The van der Waals surface area contributed by atoms with E-state index in [-0.39, 0.29) is 5.75 Å². The highest BCUT2D eigenvalue weighted by atomic mass is 32.2. The van der Waals surface area contributed by atoms with E-state index < -0.39 is 46.1 Å². The molecule has 142 valence electrons. The van der Waals surface area contributed by atoms with Crippen molar-refractivity contribution in [2.75, 3.05) is 0 Å². The molecule has 1 saturated heterocycles. The number of phenols is 1. The van der Waals surface area contributed by atoms with Crippen LogP contribution in [-0.4, -0.2) is 55.4 Å². The summed E-state index contributed by atoms with van der Waals surface area (Å²) in [5.41, 5.74) is 6.26. The third-order valence-electron chi connectivity index (χ3n) is 4.11. The van der Waals surface area contributed by atoms with E-state index in [4.69, 9.17) is 5.73 Å². The minimum Gasteiger partial charge on any atom is -0.508 e. The van der Waals surface area contributed by atoms with Crippen LogP contribution in [0.25, 0.3) is 0 Å². The van der Waals surface area contributed by atoms with E-state index in [9.17, 15) is 29.7 Å². The van der Waals surface area contributed by atoms with Gasteiger partial charge in [-0.05, 0) is 31.5 Å². The van der Waals surface area contributed by atoms with Gasteiger partial charge in [-0.2, -0.15) is 0 Å².